The van der Waals surface area contributed by atoms with E-state index in [4.69, 9.17) is 5.11 Å². The number of thioether (sulfide) groups is 1. The van der Waals surface area contributed by atoms with Crippen molar-refractivity contribution in [1.29, 1.82) is 0 Å². The van der Waals surface area contributed by atoms with Crippen LogP contribution >= 0.6 is 11.8 Å². The average Bonchev–Trinajstić information content (AvgIpc) is 2.38. The Labute approximate surface area is 117 Å². The molecule has 0 heterocycles. The fourth-order valence-corrected chi connectivity index (χ4v) is 1.96. The van der Waals surface area contributed by atoms with Crippen molar-refractivity contribution in [3.05, 3.63) is 29.8 Å². The molecule has 1 aromatic carbocycles. The van der Waals surface area contributed by atoms with Crippen LogP contribution in [-0.4, -0.2) is 41.9 Å². The van der Waals surface area contributed by atoms with Crippen molar-refractivity contribution in [2.45, 2.75) is 12.2 Å². The fraction of sp³-hybridized carbons (Fsp3) is 0.385. The molecule has 0 saturated carbocycles. The summed E-state index contributed by atoms with van der Waals surface area (Å²) in [5, 5.41) is 11.3. The van der Waals surface area contributed by atoms with E-state index >= 15 is 0 Å². The van der Waals surface area contributed by atoms with Crippen molar-refractivity contribution in [1.82, 2.24) is 4.90 Å². The topological polar surface area (TPSA) is 69.6 Å². The van der Waals surface area contributed by atoms with Crippen LogP contribution in [0, 0.1) is 0 Å². The van der Waals surface area contributed by atoms with Gasteiger partial charge in [-0.2, -0.15) is 11.8 Å². The van der Waals surface area contributed by atoms with E-state index in [1.807, 2.05) is 30.5 Å². The molecule has 0 aliphatic rings. The number of carboxylic acids is 1. The number of nitrogens with zero attached hydrogens (tertiary/aromatic N) is 1. The highest BCUT2D eigenvalue weighted by atomic mass is 32.2. The average molecular weight is 282 g/mol. The monoisotopic (exact) mass is 282 g/mol. The Bertz CT molecular complexity index is 434. The molecule has 0 spiro atoms. The van der Waals surface area contributed by atoms with Crippen molar-refractivity contribution in [3.8, 4) is 0 Å². The molecule has 2 N–H and O–H groups in total. The molecule has 1 aromatic rings. The van der Waals surface area contributed by atoms with E-state index in [0.29, 0.717) is 5.69 Å². The molecule has 0 aromatic heterocycles. The van der Waals surface area contributed by atoms with Crippen LogP contribution in [0.15, 0.2) is 24.3 Å². The number of nitrogens with one attached hydrogen (secondary N) is 1. The summed E-state index contributed by atoms with van der Waals surface area (Å²) < 4.78 is 0. The Balaban J connectivity index is 2.49. The normalized spacial score (nSPS) is 10.0. The molecule has 19 heavy (non-hydrogen) atoms. The number of benzene rings is 1. The zero-order valence-electron chi connectivity index (χ0n) is 11.0. The van der Waals surface area contributed by atoms with Crippen LogP contribution < -0.4 is 5.32 Å². The predicted molar refractivity (Wildman–Crippen MR) is 77.6 cm³/mol. The summed E-state index contributed by atoms with van der Waals surface area (Å²) in [5.41, 5.74) is 1.90. The third-order valence-corrected chi connectivity index (χ3v) is 3.15. The van der Waals surface area contributed by atoms with E-state index in [0.717, 1.165) is 5.75 Å². The lowest BCUT2D eigenvalue weighted by molar-refractivity contribution is -0.137. The van der Waals surface area contributed by atoms with Gasteiger partial charge in [-0.15, -0.1) is 0 Å². The summed E-state index contributed by atoms with van der Waals surface area (Å²) in [6.07, 6.45) is 1.98. The van der Waals surface area contributed by atoms with Crippen molar-refractivity contribution < 1.29 is 14.7 Å². The van der Waals surface area contributed by atoms with Gasteiger partial charge in [0.25, 0.3) is 0 Å². The number of carboxylic acid groups (broad SMARTS) is 1. The van der Waals surface area contributed by atoms with Gasteiger partial charge < -0.3 is 15.3 Å². The molecule has 0 saturated heterocycles. The van der Waals surface area contributed by atoms with Gasteiger partial charge in [0.1, 0.15) is 0 Å². The number of amides is 2. The molecular formula is C13H18N2O3S. The van der Waals surface area contributed by atoms with Gasteiger partial charge >= 0.3 is 12.0 Å². The summed E-state index contributed by atoms with van der Waals surface area (Å²) in [4.78, 5) is 23.5. The van der Waals surface area contributed by atoms with Gasteiger partial charge in [-0.05, 0) is 24.0 Å². The van der Waals surface area contributed by atoms with E-state index in [9.17, 15) is 9.59 Å². The van der Waals surface area contributed by atoms with E-state index in [-0.39, 0.29) is 19.0 Å². The Morgan fingerprint density at radius 2 is 1.95 bits per heavy atom. The minimum absolute atomic E-state index is 0.0589. The first-order valence-corrected chi connectivity index (χ1v) is 7.24. The summed E-state index contributed by atoms with van der Waals surface area (Å²) >= 11 is 1.74. The maximum absolute atomic E-state index is 11.8. The van der Waals surface area contributed by atoms with Gasteiger partial charge in [0.15, 0.2) is 0 Å². The van der Waals surface area contributed by atoms with Crippen LogP contribution in [0.3, 0.4) is 0 Å². The van der Waals surface area contributed by atoms with Crippen LogP contribution in [0.2, 0.25) is 0 Å². The molecule has 0 bridgehead atoms. The highest BCUT2D eigenvalue weighted by molar-refractivity contribution is 7.97. The van der Waals surface area contributed by atoms with Gasteiger partial charge in [-0.25, -0.2) is 4.79 Å². The molecule has 2 amide bonds. The molecule has 0 aliphatic heterocycles. The van der Waals surface area contributed by atoms with E-state index in [1.54, 1.807) is 18.8 Å². The molecule has 0 radical (unpaired) electrons. The summed E-state index contributed by atoms with van der Waals surface area (Å²) in [7, 11) is 1.57. The maximum Gasteiger partial charge on any atom is 0.321 e. The number of hydrogen-bond donors (Lipinski definition) is 2. The zero-order valence-corrected chi connectivity index (χ0v) is 11.9. The Hall–Kier alpha value is -1.69. The molecular weight excluding hydrogens is 264 g/mol. The number of anilines is 1. The molecule has 0 unspecified atom stereocenters. The largest absolute Gasteiger partial charge is 0.481 e. The molecule has 0 fully saturated rings. The van der Waals surface area contributed by atoms with Gasteiger partial charge in [0.2, 0.25) is 0 Å². The number of aliphatic carboxylic acids is 1. The quantitative estimate of drug-likeness (QED) is 0.841. The van der Waals surface area contributed by atoms with Gasteiger partial charge in [-0.1, -0.05) is 12.1 Å². The first kappa shape index (κ1) is 15.4. The SMILES string of the molecule is CSCc1ccc(NC(=O)N(C)CCC(=O)O)cc1. The lowest BCUT2D eigenvalue weighted by atomic mass is 10.2. The van der Waals surface area contributed by atoms with Crippen molar-refractivity contribution in [2.24, 2.45) is 0 Å². The van der Waals surface area contributed by atoms with E-state index < -0.39 is 5.97 Å². The van der Waals surface area contributed by atoms with Crippen LogP contribution in [0.1, 0.15) is 12.0 Å². The Morgan fingerprint density at radius 1 is 1.32 bits per heavy atom. The van der Waals surface area contributed by atoms with Gasteiger partial charge in [0.05, 0.1) is 6.42 Å². The second kappa shape index (κ2) is 7.68. The Kier molecular flexibility index (Phi) is 6.21. The number of carbonyl (C=O) groups is 2. The fourth-order valence-electron chi connectivity index (χ4n) is 1.43. The molecule has 0 aliphatic carbocycles. The standard InChI is InChI=1S/C13H18N2O3S/c1-15(8-7-12(16)17)13(18)14-11-5-3-10(4-6-11)9-19-2/h3-6H,7-9H2,1-2H3,(H,14,18)(H,16,17). The van der Waals surface area contributed by atoms with Gasteiger partial charge in [0, 0.05) is 25.0 Å². The van der Waals surface area contributed by atoms with Crippen LogP contribution in [0.5, 0.6) is 0 Å². The Morgan fingerprint density at radius 3 is 2.47 bits per heavy atom. The van der Waals surface area contributed by atoms with Crippen LogP contribution in [0.4, 0.5) is 10.5 Å². The summed E-state index contributed by atoms with van der Waals surface area (Å²) in [6, 6.07) is 7.30. The van der Waals surface area contributed by atoms with E-state index in [1.165, 1.54) is 10.5 Å². The number of urea groups is 1. The molecule has 5 nitrogen and oxygen atoms in total. The number of rotatable bonds is 6. The third-order valence-electron chi connectivity index (χ3n) is 2.52. The molecule has 0 atom stereocenters. The summed E-state index contributed by atoms with van der Waals surface area (Å²) in [5.74, 6) is 0.0216. The minimum Gasteiger partial charge on any atom is -0.481 e. The minimum atomic E-state index is -0.916. The highest BCUT2D eigenvalue weighted by Gasteiger charge is 2.10. The highest BCUT2D eigenvalue weighted by Crippen LogP contribution is 2.14. The lowest BCUT2D eigenvalue weighted by Crippen LogP contribution is -2.33. The first-order valence-electron chi connectivity index (χ1n) is 5.84. The smallest absolute Gasteiger partial charge is 0.321 e. The maximum atomic E-state index is 11.8. The van der Waals surface area contributed by atoms with E-state index in [2.05, 4.69) is 5.32 Å². The third kappa shape index (κ3) is 5.65. The predicted octanol–water partition coefficient (Wildman–Crippen LogP) is 2.49. The number of carbonyl (C=O) groups excluding carboxylic acids is 1. The number of hydrogen-bond acceptors (Lipinski definition) is 3. The van der Waals surface area contributed by atoms with Crippen LogP contribution in [0.25, 0.3) is 0 Å². The summed E-state index contributed by atoms with van der Waals surface area (Å²) in [6.45, 7) is 0.186. The molecule has 1 rings (SSSR count). The lowest BCUT2D eigenvalue weighted by Gasteiger charge is -2.17. The molecule has 104 valence electrons. The first-order chi connectivity index (χ1) is 9.02. The molecule has 6 heteroatoms. The second-order valence-electron chi connectivity index (χ2n) is 4.13. The van der Waals surface area contributed by atoms with Gasteiger partial charge in [-0.3, -0.25) is 4.79 Å². The zero-order chi connectivity index (χ0) is 14.3. The van der Waals surface area contributed by atoms with Crippen molar-refractivity contribution in [2.75, 3.05) is 25.2 Å². The van der Waals surface area contributed by atoms with Crippen molar-refractivity contribution >= 4 is 29.4 Å². The second-order valence-corrected chi connectivity index (χ2v) is 4.99. The van der Waals surface area contributed by atoms with Crippen molar-refractivity contribution in [3.63, 3.8) is 0 Å². The van der Waals surface area contributed by atoms with Crippen LogP contribution in [-0.2, 0) is 10.5 Å².